The minimum absolute atomic E-state index is 0.767. The maximum absolute atomic E-state index is 5.86. The fourth-order valence-electron chi connectivity index (χ4n) is 5.41. The van der Waals surface area contributed by atoms with Gasteiger partial charge in [-0.05, 0) is 72.8 Å². The average molecular weight is 449 g/mol. The van der Waals surface area contributed by atoms with Gasteiger partial charge in [-0.2, -0.15) is 0 Å². The molecule has 0 heterocycles. The molecule has 1 fully saturated rings. The van der Waals surface area contributed by atoms with Gasteiger partial charge in [-0.1, -0.05) is 114 Å². The molecule has 0 aliphatic heterocycles. The van der Waals surface area contributed by atoms with E-state index in [1.807, 2.05) is 0 Å². The van der Waals surface area contributed by atoms with Crippen LogP contribution in [0.15, 0.2) is 48.5 Å². The van der Waals surface area contributed by atoms with Gasteiger partial charge < -0.3 is 4.74 Å². The fourth-order valence-corrected chi connectivity index (χ4v) is 5.41. The van der Waals surface area contributed by atoms with Crippen LogP contribution in [0.3, 0.4) is 0 Å². The fraction of sp³-hybridized carbons (Fsp3) is 0.625. The van der Waals surface area contributed by atoms with Gasteiger partial charge >= 0.3 is 0 Å². The molecule has 1 aliphatic carbocycles. The molecule has 1 saturated carbocycles. The number of unbranched alkanes of at least 4 members (excludes halogenated alkanes) is 8. The normalized spacial score (nSPS) is 18.4. The largest absolute Gasteiger partial charge is 0.494 e. The quantitative estimate of drug-likeness (QED) is 0.246. The van der Waals surface area contributed by atoms with E-state index < -0.39 is 0 Å². The van der Waals surface area contributed by atoms with Crippen LogP contribution in [0.25, 0.3) is 11.1 Å². The highest BCUT2D eigenvalue weighted by Crippen LogP contribution is 2.38. The van der Waals surface area contributed by atoms with Gasteiger partial charge in [0.1, 0.15) is 5.75 Å². The summed E-state index contributed by atoms with van der Waals surface area (Å²) in [6.07, 6.45) is 20.8. The Morgan fingerprint density at radius 3 is 1.79 bits per heavy atom. The van der Waals surface area contributed by atoms with Crippen LogP contribution >= 0.6 is 0 Å². The SMILES string of the molecule is CCCCCCCCCC1CCC(c2ccc(-c3ccc(OCCCCC)cc3)cc2)CC1. The Bertz CT molecular complexity index is 737. The van der Waals surface area contributed by atoms with Crippen LogP contribution in [0, 0.1) is 5.92 Å². The summed E-state index contributed by atoms with van der Waals surface area (Å²) in [5, 5.41) is 0. The van der Waals surface area contributed by atoms with Crippen LogP contribution in [0.5, 0.6) is 5.75 Å². The smallest absolute Gasteiger partial charge is 0.119 e. The van der Waals surface area contributed by atoms with Crippen LogP contribution in [0.2, 0.25) is 0 Å². The maximum Gasteiger partial charge on any atom is 0.119 e. The van der Waals surface area contributed by atoms with Gasteiger partial charge in [0, 0.05) is 0 Å². The minimum atomic E-state index is 0.767. The second kappa shape index (κ2) is 15.2. The molecular weight excluding hydrogens is 400 g/mol. The van der Waals surface area contributed by atoms with E-state index in [-0.39, 0.29) is 0 Å². The standard InChI is InChI=1S/C32H48O/c1-3-5-7-8-9-10-11-13-27-14-16-28(17-15-27)29-18-20-30(21-19-29)31-22-24-32(25-23-31)33-26-12-6-4-2/h18-25,27-28H,3-17,26H2,1-2H3. The molecule has 2 aromatic rings. The van der Waals surface area contributed by atoms with Crippen molar-refractivity contribution in [3.05, 3.63) is 54.1 Å². The summed E-state index contributed by atoms with van der Waals surface area (Å²) in [5.74, 6) is 2.74. The molecule has 1 heteroatoms. The first-order chi connectivity index (χ1) is 16.3. The summed E-state index contributed by atoms with van der Waals surface area (Å²) >= 11 is 0. The van der Waals surface area contributed by atoms with Crippen LogP contribution in [-0.4, -0.2) is 6.61 Å². The van der Waals surface area contributed by atoms with Crippen molar-refractivity contribution in [1.29, 1.82) is 0 Å². The molecule has 0 spiro atoms. The molecule has 0 amide bonds. The molecule has 0 bridgehead atoms. The molecule has 0 saturated heterocycles. The first kappa shape index (κ1) is 25.9. The summed E-state index contributed by atoms with van der Waals surface area (Å²) in [7, 11) is 0. The summed E-state index contributed by atoms with van der Waals surface area (Å²) in [5.41, 5.74) is 4.13. The van der Waals surface area contributed by atoms with Crippen LogP contribution in [0.4, 0.5) is 0 Å². The Labute approximate surface area is 204 Å². The van der Waals surface area contributed by atoms with Crippen molar-refractivity contribution in [3.8, 4) is 16.9 Å². The summed E-state index contributed by atoms with van der Waals surface area (Å²) in [4.78, 5) is 0. The lowest BCUT2D eigenvalue weighted by molar-refractivity contribution is 0.302. The van der Waals surface area contributed by atoms with Crippen molar-refractivity contribution in [2.45, 2.75) is 116 Å². The molecule has 0 aromatic heterocycles. The number of benzene rings is 2. The van der Waals surface area contributed by atoms with Gasteiger partial charge in [0.25, 0.3) is 0 Å². The lowest BCUT2D eigenvalue weighted by Crippen LogP contribution is -2.13. The Kier molecular flexibility index (Phi) is 11.9. The third-order valence-corrected chi connectivity index (χ3v) is 7.65. The number of hydrogen-bond acceptors (Lipinski definition) is 1. The molecule has 0 N–H and O–H groups in total. The number of ether oxygens (including phenoxy) is 1. The predicted octanol–water partition coefficient (Wildman–Crippen LogP) is 10.3. The van der Waals surface area contributed by atoms with Gasteiger partial charge in [-0.3, -0.25) is 0 Å². The lowest BCUT2D eigenvalue weighted by atomic mass is 9.77. The molecule has 2 aromatic carbocycles. The van der Waals surface area contributed by atoms with Gasteiger partial charge in [-0.25, -0.2) is 0 Å². The molecule has 0 unspecified atom stereocenters. The second-order valence-electron chi connectivity index (χ2n) is 10.3. The Morgan fingerprint density at radius 2 is 1.15 bits per heavy atom. The van der Waals surface area contributed by atoms with Crippen molar-refractivity contribution in [2.75, 3.05) is 6.61 Å². The second-order valence-corrected chi connectivity index (χ2v) is 10.3. The molecule has 0 atom stereocenters. The number of hydrogen-bond donors (Lipinski definition) is 0. The highest BCUT2D eigenvalue weighted by atomic mass is 16.5. The summed E-state index contributed by atoms with van der Waals surface area (Å²) in [6, 6.07) is 18.0. The van der Waals surface area contributed by atoms with E-state index in [0.29, 0.717) is 0 Å². The van der Waals surface area contributed by atoms with Crippen molar-refractivity contribution >= 4 is 0 Å². The van der Waals surface area contributed by atoms with E-state index in [0.717, 1.165) is 30.6 Å². The Balaban J connectivity index is 1.37. The van der Waals surface area contributed by atoms with Gasteiger partial charge in [0.05, 0.1) is 6.61 Å². The highest BCUT2D eigenvalue weighted by Gasteiger charge is 2.22. The van der Waals surface area contributed by atoms with Crippen molar-refractivity contribution in [3.63, 3.8) is 0 Å². The van der Waals surface area contributed by atoms with Crippen molar-refractivity contribution < 1.29 is 4.74 Å². The van der Waals surface area contributed by atoms with Gasteiger partial charge in [0.15, 0.2) is 0 Å². The molecular formula is C32H48O. The lowest BCUT2D eigenvalue weighted by Gasteiger charge is -2.29. The topological polar surface area (TPSA) is 9.23 Å². The maximum atomic E-state index is 5.86. The Hall–Kier alpha value is -1.76. The Morgan fingerprint density at radius 1 is 0.606 bits per heavy atom. The third kappa shape index (κ3) is 9.19. The molecule has 1 nitrogen and oxygen atoms in total. The number of rotatable bonds is 15. The zero-order valence-corrected chi connectivity index (χ0v) is 21.5. The average Bonchev–Trinajstić information content (AvgIpc) is 2.87. The predicted molar refractivity (Wildman–Crippen MR) is 144 cm³/mol. The van der Waals surface area contributed by atoms with E-state index in [2.05, 4.69) is 62.4 Å². The zero-order chi connectivity index (χ0) is 23.1. The van der Waals surface area contributed by atoms with Crippen LogP contribution in [-0.2, 0) is 0 Å². The van der Waals surface area contributed by atoms with E-state index >= 15 is 0 Å². The molecule has 0 radical (unpaired) electrons. The van der Waals surface area contributed by atoms with E-state index in [1.54, 1.807) is 5.56 Å². The first-order valence-corrected chi connectivity index (χ1v) is 14.1. The summed E-state index contributed by atoms with van der Waals surface area (Å²) in [6.45, 7) is 5.35. The van der Waals surface area contributed by atoms with Crippen molar-refractivity contribution in [2.24, 2.45) is 5.92 Å². The van der Waals surface area contributed by atoms with Crippen LogP contribution in [0.1, 0.15) is 122 Å². The third-order valence-electron chi connectivity index (χ3n) is 7.65. The first-order valence-electron chi connectivity index (χ1n) is 14.1. The van der Waals surface area contributed by atoms with Crippen molar-refractivity contribution in [1.82, 2.24) is 0 Å². The van der Waals surface area contributed by atoms with E-state index in [9.17, 15) is 0 Å². The molecule has 1 aliphatic rings. The molecule has 3 rings (SSSR count). The highest BCUT2D eigenvalue weighted by molar-refractivity contribution is 5.64. The summed E-state index contributed by atoms with van der Waals surface area (Å²) < 4.78 is 5.86. The van der Waals surface area contributed by atoms with Crippen LogP contribution < -0.4 is 4.74 Å². The van der Waals surface area contributed by atoms with Gasteiger partial charge in [-0.15, -0.1) is 0 Å². The molecule has 182 valence electrons. The van der Waals surface area contributed by atoms with E-state index in [4.69, 9.17) is 4.74 Å². The van der Waals surface area contributed by atoms with Gasteiger partial charge in [0.2, 0.25) is 0 Å². The van der Waals surface area contributed by atoms with E-state index in [1.165, 1.54) is 101 Å². The minimum Gasteiger partial charge on any atom is -0.494 e. The monoisotopic (exact) mass is 448 g/mol. The zero-order valence-electron chi connectivity index (χ0n) is 21.5. The molecule has 33 heavy (non-hydrogen) atoms.